The van der Waals surface area contributed by atoms with Crippen LogP contribution in [0.5, 0.6) is 0 Å². The Morgan fingerprint density at radius 1 is 1.31 bits per heavy atom. The molecule has 0 bridgehead atoms. The van der Waals surface area contributed by atoms with Gasteiger partial charge in [-0.15, -0.1) is 0 Å². The van der Waals surface area contributed by atoms with Crippen molar-refractivity contribution >= 4 is 17.6 Å². The third kappa shape index (κ3) is 5.14. The predicted molar refractivity (Wildman–Crippen MR) is 98.4 cm³/mol. The van der Waals surface area contributed by atoms with E-state index in [0.29, 0.717) is 12.8 Å². The number of carbonyl (C=O) groups is 3. The molecule has 0 spiro atoms. The molecule has 1 fully saturated rings. The average Bonchev–Trinajstić information content (AvgIpc) is 2.92. The molecule has 1 aliphatic rings. The Hall–Kier alpha value is -2.21. The van der Waals surface area contributed by atoms with Gasteiger partial charge in [-0.2, -0.15) is 0 Å². The fourth-order valence-electron chi connectivity index (χ4n) is 3.51. The van der Waals surface area contributed by atoms with E-state index in [1.165, 1.54) is 0 Å². The number of ketones is 1. The van der Waals surface area contributed by atoms with Crippen LogP contribution < -0.4 is 11.1 Å². The number of ether oxygens (including phenoxy) is 1. The Kier molecular flexibility index (Phi) is 6.53. The molecule has 26 heavy (non-hydrogen) atoms. The van der Waals surface area contributed by atoms with Crippen molar-refractivity contribution in [2.24, 2.45) is 11.1 Å². The van der Waals surface area contributed by atoms with E-state index in [9.17, 15) is 14.4 Å². The average molecular weight is 360 g/mol. The first-order valence-corrected chi connectivity index (χ1v) is 9.01. The molecule has 6 heteroatoms. The smallest absolute Gasteiger partial charge is 0.228 e. The van der Waals surface area contributed by atoms with E-state index >= 15 is 0 Å². The minimum Gasteiger partial charge on any atom is -0.370 e. The largest absolute Gasteiger partial charge is 0.370 e. The lowest BCUT2D eigenvalue weighted by molar-refractivity contribution is -0.128. The third-order valence-corrected chi connectivity index (χ3v) is 4.79. The van der Waals surface area contributed by atoms with Crippen LogP contribution in [0.25, 0.3) is 0 Å². The summed E-state index contributed by atoms with van der Waals surface area (Å²) < 4.78 is 5.44. The Bertz CT molecular complexity index is 657. The van der Waals surface area contributed by atoms with E-state index in [1.807, 2.05) is 51.1 Å². The summed E-state index contributed by atoms with van der Waals surface area (Å²) in [7, 11) is 0. The Morgan fingerprint density at radius 2 is 1.96 bits per heavy atom. The van der Waals surface area contributed by atoms with Gasteiger partial charge in [0.25, 0.3) is 0 Å². The molecule has 3 N–H and O–H groups in total. The van der Waals surface area contributed by atoms with E-state index in [1.54, 1.807) is 0 Å². The van der Waals surface area contributed by atoms with Crippen LogP contribution in [0.2, 0.25) is 0 Å². The summed E-state index contributed by atoms with van der Waals surface area (Å²) in [6.45, 7) is 5.79. The van der Waals surface area contributed by atoms with Crippen molar-refractivity contribution in [2.45, 2.75) is 58.1 Å². The molecule has 2 amide bonds. The molecule has 3 unspecified atom stereocenters. The molecule has 1 aromatic rings. The van der Waals surface area contributed by atoms with Gasteiger partial charge in [-0.25, -0.2) is 0 Å². The summed E-state index contributed by atoms with van der Waals surface area (Å²) in [4.78, 5) is 36.5. The second kappa shape index (κ2) is 8.45. The highest BCUT2D eigenvalue weighted by atomic mass is 16.5. The highest BCUT2D eigenvalue weighted by Crippen LogP contribution is 2.34. The minimum atomic E-state index is -0.613. The summed E-state index contributed by atoms with van der Waals surface area (Å²) in [5.74, 6) is -1.20. The maximum atomic E-state index is 13.0. The molecule has 6 nitrogen and oxygen atoms in total. The number of carbonyl (C=O) groups excluding carboxylic acids is 3. The molecule has 1 saturated heterocycles. The molecule has 3 atom stereocenters. The van der Waals surface area contributed by atoms with Crippen molar-refractivity contribution in [1.82, 2.24) is 5.32 Å². The van der Waals surface area contributed by atoms with Crippen LogP contribution in [0.3, 0.4) is 0 Å². The van der Waals surface area contributed by atoms with E-state index < -0.39 is 23.3 Å². The number of Topliss-reactive ketones (excluding diaryl/α,β-unsaturated/α-hetero) is 1. The number of benzene rings is 1. The lowest BCUT2D eigenvalue weighted by Crippen LogP contribution is -2.47. The van der Waals surface area contributed by atoms with Gasteiger partial charge >= 0.3 is 0 Å². The van der Waals surface area contributed by atoms with Crippen LogP contribution in [0, 0.1) is 5.41 Å². The first-order valence-electron chi connectivity index (χ1n) is 9.01. The summed E-state index contributed by atoms with van der Waals surface area (Å²) in [6, 6.07) is 8.78. The molecular weight excluding hydrogens is 332 g/mol. The molecule has 0 aromatic heterocycles. The zero-order valence-corrected chi connectivity index (χ0v) is 15.7. The highest BCUT2D eigenvalue weighted by Gasteiger charge is 2.38. The highest BCUT2D eigenvalue weighted by molar-refractivity contribution is 5.93. The maximum absolute atomic E-state index is 13.0. The van der Waals surface area contributed by atoms with Gasteiger partial charge in [0.15, 0.2) is 5.78 Å². The van der Waals surface area contributed by atoms with E-state index in [2.05, 4.69) is 5.32 Å². The number of rotatable bonds is 8. The van der Waals surface area contributed by atoms with Crippen molar-refractivity contribution < 1.29 is 19.1 Å². The second-order valence-corrected chi connectivity index (χ2v) is 7.68. The molecule has 0 saturated carbocycles. The zero-order chi connectivity index (χ0) is 19.3. The van der Waals surface area contributed by atoms with Crippen molar-refractivity contribution in [3.8, 4) is 0 Å². The number of hydrogen-bond donors (Lipinski definition) is 2. The predicted octanol–water partition coefficient (Wildman–Crippen LogP) is 1.92. The van der Waals surface area contributed by atoms with Crippen LogP contribution in [0.4, 0.5) is 0 Å². The van der Waals surface area contributed by atoms with Crippen LogP contribution in [-0.4, -0.2) is 36.4 Å². The monoisotopic (exact) mass is 360 g/mol. The maximum Gasteiger partial charge on any atom is 0.228 e. The fourth-order valence-corrected chi connectivity index (χ4v) is 3.51. The quantitative estimate of drug-likeness (QED) is 0.740. The van der Waals surface area contributed by atoms with Gasteiger partial charge in [-0.05, 0) is 23.8 Å². The number of nitrogens with two attached hydrogens (primary N) is 1. The normalized spacial score (nSPS) is 21.4. The van der Waals surface area contributed by atoms with Crippen LogP contribution in [0.1, 0.15) is 51.5 Å². The third-order valence-electron chi connectivity index (χ3n) is 4.79. The lowest BCUT2D eigenvalue weighted by atomic mass is 9.77. The van der Waals surface area contributed by atoms with Crippen LogP contribution in [-0.2, 0) is 19.1 Å². The van der Waals surface area contributed by atoms with E-state index in [0.717, 1.165) is 5.56 Å². The van der Waals surface area contributed by atoms with Crippen molar-refractivity contribution in [1.29, 1.82) is 0 Å². The first kappa shape index (κ1) is 20.1. The van der Waals surface area contributed by atoms with Gasteiger partial charge in [-0.3, -0.25) is 14.4 Å². The summed E-state index contributed by atoms with van der Waals surface area (Å²) in [5.41, 5.74) is 5.76. The molecule has 0 radical (unpaired) electrons. The lowest BCUT2D eigenvalue weighted by Gasteiger charge is -2.29. The van der Waals surface area contributed by atoms with E-state index in [-0.39, 0.29) is 30.8 Å². The number of hydrogen-bond acceptors (Lipinski definition) is 4. The molecule has 1 aromatic carbocycles. The van der Waals surface area contributed by atoms with Gasteiger partial charge in [0.05, 0.1) is 12.0 Å². The van der Waals surface area contributed by atoms with Gasteiger partial charge in [0, 0.05) is 6.42 Å². The van der Waals surface area contributed by atoms with Gasteiger partial charge < -0.3 is 15.8 Å². The minimum absolute atomic E-state index is 0.0344. The number of primary amides is 1. The van der Waals surface area contributed by atoms with Gasteiger partial charge in [0.2, 0.25) is 11.8 Å². The Morgan fingerprint density at radius 3 is 2.54 bits per heavy atom. The van der Waals surface area contributed by atoms with Crippen LogP contribution >= 0.6 is 0 Å². The standard InChI is InChI=1S/C20H28N2O4/c1-4-16-18(15(23)12-26-16)22-19(25)14(13-8-6-5-7-9-13)10-20(2,3)11-17(21)24/h5-9,14,16,18H,4,10-12H2,1-3H3,(H2,21,24)(H,22,25). The van der Waals surface area contributed by atoms with Crippen molar-refractivity contribution in [2.75, 3.05) is 6.61 Å². The molecular formula is C20H28N2O4. The zero-order valence-electron chi connectivity index (χ0n) is 15.7. The van der Waals surface area contributed by atoms with Crippen molar-refractivity contribution in [3.05, 3.63) is 35.9 Å². The molecule has 0 aliphatic carbocycles. The summed E-state index contributed by atoms with van der Waals surface area (Å²) in [6.07, 6.45) is 0.998. The molecule has 2 rings (SSSR count). The number of nitrogens with one attached hydrogen (secondary N) is 1. The summed E-state index contributed by atoms with van der Waals surface area (Å²) in [5, 5.41) is 2.87. The summed E-state index contributed by atoms with van der Waals surface area (Å²) >= 11 is 0. The van der Waals surface area contributed by atoms with Gasteiger partial charge in [0.1, 0.15) is 12.6 Å². The number of amides is 2. The van der Waals surface area contributed by atoms with Gasteiger partial charge in [-0.1, -0.05) is 51.1 Å². The van der Waals surface area contributed by atoms with Crippen molar-refractivity contribution in [3.63, 3.8) is 0 Å². The van der Waals surface area contributed by atoms with Crippen LogP contribution in [0.15, 0.2) is 30.3 Å². The SMILES string of the molecule is CCC1OCC(=O)C1NC(=O)C(CC(C)(C)CC(N)=O)c1ccccc1. The Labute approximate surface area is 154 Å². The second-order valence-electron chi connectivity index (χ2n) is 7.68. The molecule has 142 valence electrons. The fraction of sp³-hybridized carbons (Fsp3) is 0.550. The Balaban J connectivity index is 2.22. The van der Waals surface area contributed by atoms with E-state index in [4.69, 9.17) is 10.5 Å². The molecule has 1 aliphatic heterocycles. The molecule has 1 heterocycles. The topological polar surface area (TPSA) is 98.5 Å². The first-order chi connectivity index (χ1) is 12.2.